The van der Waals surface area contributed by atoms with Crippen LogP contribution in [-0.4, -0.2) is 36.9 Å². The van der Waals surface area contributed by atoms with E-state index in [1.54, 1.807) is 29.2 Å². The Morgan fingerprint density at radius 1 is 1.03 bits per heavy atom. The summed E-state index contributed by atoms with van der Waals surface area (Å²) in [6, 6.07) is 20.1. The highest BCUT2D eigenvalue weighted by atomic mass is 35.5. The molecule has 1 heterocycles. The first-order chi connectivity index (χ1) is 13.9. The lowest BCUT2D eigenvalue weighted by molar-refractivity contribution is 0.190. The van der Waals surface area contributed by atoms with Crippen molar-refractivity contribution in [3.05, 3.63) is 77.3 Å². The number of rotatable bonds is 4. The molecule has 1 atom stereocenters. The summed E-state index contributed by atoms with van der Waals surface area (Å²) in [4.78, 5) is 14.8. The highest BCUT2D eigenvalue weighted by Crippen LogP contribution is 2.25. The molecule has 0 saturated carbocycles. The summed E-state index contributed by atoms with van der Waals surface area (Å²) in [6.45, 7) is 0.334. The normalized spacial score (nSPS) is 17.9. The van der Waals surface area contributed by atoms with E-state index in [0.29, 0.717) is 23.7 Å². The van der Waals surface area contributed by atoms with Gasteiger partial charge >= 0.3 is 6.03 Å². The number of carbonyl (C=O) groups is 1. The molecule has 2 amide bonds. The summed E-state index contributed by atoms with van der Waals surface area (Å²) in [5, 5.41) is 5.60. The zero-order valence-electron chi connectivity index (χ0n) is 15.7. The predicted octanol–water partition coefficient (Wildman–Crippen LogP) is 4.71. The van der Waals surface area contributed by atoms with Gasteiger partial charge in [0.1, 0.15) is 0 Å². The van der Waals surface area contributed by atoms with Gasteiger partial charge in [-0.2, -0.15) is 0 Å². The van der Waals surface area contributed by atoms with E-state index in [4.69, 9.17) is 11.6 Å². The van der Waals surface area contributed by atoms with Crippen LogP contribution in [0.3, 0.4) is 0 Å². The molecule has 1 saturated heterocycles. The predicted molar refractivity (Wildman–Crippen MR) is 117 cm³/mol. The summed E-state index contributed by atoms with van der Waals surface area (Å²) in [5.41, 5.74) is 1.60. The van der Waals surface area contributed by atoms with Crippen LogP contribution in [0.2, 0.25) is 5.02 Å². The van der Waals surface area contributed by atoms with Crippen LogP contribution in [0.4, 0.5) is 10.5 Å². The number of sulfone groups is 1. The first-order valence-corrected chi connectivity index (χ1v) is 11.6. The summed E-state index contributed by atoms with van der Waals surface area (Å²) < 4.78 is 24.1. The van der Waals surface area contributed by atoms with Gasteiger partial charge in [-0.05, 0) is 47.0 Å². The molecule has 0 bridgehead atoms. The molecule has 0 radical (unpaired) electrons. The Morgan fingerprint density at radius 3 is 2.48 bits per heavy atom. The second kappa shape index (κ2) is 8.05. The van der Waals surface area contributed by atoms with Gasteiger partial charge < -0.3 is 10.2 Å². The number of fused-ring (bicyclic) bond motifs is 1. The molecule has 0 aromatic heterocycles. The second-order valence-electron chi connectivity index (χ2n) is 7.26. The SMILES string of the molecule is O=C(Nc1ccc(Cl)cc1)N(Cc1cccc2ccccc12)[C@@H]1CCS(=O)(=O)C1. The van der Waals surface area contributed by atoms with E-state index in [2.05, 4.69) is 5.32 Å². The highest BCUT2D eigenvalue weighted by Gasteiger charge is 2.35. The van der Waals surface area contributed by atoms with Gasteiger partial charge in [-0.3, -0.25) is 0 Å². The number of benzene rings is 3. The number of carbonyl (C=O) groups excluding carboxylic acids is 1. The number of hydrogen-bond acceptors (Lipinski definition) is 3. The molecule has 0 aliphatic carbocycles. The average Bonchev–Trinajstić information content (AvgIpc) is 3.07. The molecular formula is C22H21ClN2O3S. The smallest absolute Gasteiger partial charge is 0.316 e. The molecular weight excluding hydrogens is 408 g/mol. The maximum atomic E-state index is 13.1. The molecule has 1 aliphatic heterocycles. The lowest BCUT2D eigenvalue weighted by Gasteiger charge is -2.29. The number of anilines is 1. The van der Waals surface area contributed by atoms with Gasteiger partial charge in [0.25, 0.3) is 0 Å². The van der Waals surface area contributed by atoms with Crippen molar-refractivity contribution in [3.8, 4) is 0 Å². The van der Waals surface area contributed by atoms with Gasteiger partial charge in [-0.15, -0.1) is 0 Å². The molecule has 0 spiro atoms. The molecule has 4 rings (SSSR count). The molecule has 3 aromatic rings. The molecule has 150 valence electrons. The van der Waals surface area contributed by atoms with E-state index >= 15 is 0 Å². The Kier molecular flexibility index (Phi) is 5.48. The van der Waals surface area contributed by atoms with Gasteiger partial charge in [0.15, 0.2) is 9.84 Å². The number of halogens is 1. The second-order valence-corrected chi connectivity index (χ2v) is 9.93. The van der Waals surface area contributed by atoms with Gasteiger partial charge in [0, 0.05) is 23.3 Å². The largest absolute Gasteiger partial charge is 0.322 e. The molecule has 29 heavy (non-hydrogen) atoms. The van der Waals surface area contributed by atoms with E-state index in [0.717, 1.165) is 16.3 Å². The molecule has 7 heteroatoms. The first kappa shape index (κ1) is 19.7. The minimum absolute atomic E-state index is 0.00813. The highest BCUT2D eigenvalue weighted by molar-refractivity contribution is 7.91. The third-order valence-electron chi connectivity index (χ3n) is 5.23. The van der Waals surface area contributed by atoms with Crippen molar-refractivity contribution < 1.29 is 13.2 Å². The number of nitrogens with one attached hydrogen (secondary N) is 1. The van der Waals surface area contributed by atoms with Crippen molar-refractivity contribution >= 4 is 43.9 Å². The average molecular weight is 429 g/mol. The third-order valence-corrected chi connectivity index (χ3v) is 7.23. The van der Waals surface area contributed by atoms with Crippen LogP contribution in [0, 0.1) is 0 Å². The fraction of sp³-hybridized carbons (Fsp3) is 0.227. The molecule has 5 nitrogen and oxygen atoms in total. The van der Waals surface area contributed by atoms with Crippen LogP contribution < -0.4 is 5.32 Å². The number of nitrogens with zero attached hydrogens (tertiary/aromatic N) is 1. The summed E-state index contributed by atoms with van der Waals surface area (Å²) in [5.74, 6) is 0.101. The van der Waals surface area contributed by atoms with Crippen molar-refractivity contribution in [2.75, 3.05) is 16.8 Å². The van der Waals surface area contributed by atoms with E-state index in [-0.39, 0.29) is 23.6 Å². The van der Waals surface area contributed by atoms with E-state index in [1.807, 2.05) is 42.5 Å². The summed E-state index contributed by atoms with van der Waals surface area (Å²) in [6.07, 6.45) is 0.446. The number of urea groups is 1. The van der Waals surface area contributed by atoms with Crippen molar-refractivity contribution in [1.29, 1.82) is 0 Å². The fourth-order valence-electron chi connectivity index (χ4n) is 3.73. The lowest BCUT2D eigenvalue weighted by Crippen LogP contribution is -2.43. The van der Waals surface area contributed by atoms with Crippen molar-refractivity contribution in [2.24, 2.45) is 0 Å². The molecule has 0 unspecified atom stereocenters. The lowest BCUT2D eigenvalue weighted by atomic mass is 10.0. The quantitative estimate of drug-likeness (QED) is 0.654. The molecule has 1 N–H and O–H groups in total. The third kappa shape index (κ3) is 4.54. The van der Waals surface area contributed by atoms with Crippen LogP contribution in [-0.2, 0) is 16.4 Å². The topological polar surface area (TPSA) is 66.5 Å². The Labute approximate surface area is 175 Å². The fourth-order valence-corrected chi connectivity index (χ4v) is 5.59. The van der Waals surface area contributed by atoms with Gasteiger partial charge in [0.05, 0.1) is 11.5 Å². The zero-order chi connectivity index (χ0) is 20.4. The van der Waals surface area contributed by atoms with E-state index in [9.17, 15) is 13.2 Å². The van der Waals surface area contributed by atoms with E-state index < -0.39 is 9.84 Å². The van der Waals surface area contributed by atoms with Crippen LogP contribution in [0.1, 0.15) is 12.0 Å². The Morgan fingerprint density at radius 2 is 1.76 bits per heavy atom. The van der Waals surface area contributed by atoms with Crippen LogP contribution in [0.15, 0.2) is 66.7 Å². The van der Waals surface area contributed by atoms with Crippen LogP contribution in [0.25, 0.3) is 10.8 Å². The standard InChI is InChI=1S/C22H21ClN2O3S/c23-18-8-10-19(11-9-18)24-22(26)25(20-12-13-29(27,28)15-20)14-17-6-3-5-16-4-1-2-7-21(16)17/h1-11,20H,12-15H2,(H,24,26)/t20-/m1/s1. The van der Waals surface area contributed by atoms with Gasteiger partial charge in [-0.25, -0.2) is 13.2 Å². The maximum Gasteiger partial charge on any atom is 0.322 e. The monoisotopic (exact) mass is 428 g/mol. The molecule has 1 fully saturated rings. The van der Waals surface area contributed by atoms with Crippen LogP contribution in [0.5, 0.6) is 0 Å². The first-order valence-electron chi connectivity index (χ1n) is 9.41. The summed E-state index contributed by atoms with van der Waals surface area (Å²) in [7, 11) is -3.13. The maximum absolute atomic E-state index is 13.1. The number of hydrogen-bond donors (Lipinski definition) is 1. The van der Waals surface area contributed by atoms with Crippen molar-refractivity contribution in [2.45, 2.75) is 19.0 Å². The van der Waals surface area contributed by atoms with Crippen molar-refractivity contribution in [3.63, 3.8) is 0 Å². The Bertz CT molecular complexity index is 1140. The van der Waals surface area contributed by atoms with Gasteiger partial charge in [-0.1, -0.05) is 54.1 Å². The zero-order valence-corrected chi connectivity index (χ0v) is 17.3. The number of amides is 2. The van der Waals surface area contributed by atoms with Gasteiger partial charge in [0.2, 0.25) is 0 Å². The Balaban J connectivity index is 1.64. The molecule has 3 aromatic carbocycles. The summed E-state index contributed by atoms with van der Waals surface area (Å²) >= 11 is 5.92. The van der Waals surface area contributed by atoms with E-state index in [1.165, 1.54) is 0 Å². The minimum atomic E-state index is -3.13. The van der Waals surface area contributed by atoms with Crippen LogP contribution >= 0.6 is 11.6 Å². The molecule has 1 aliphatic rings. The minimum Gasteiger partial charge on any atom is -0.316 e. The van der Waals surface area contributed by atoms with Crippen molar-refractivity contribution in [1.82, 2.24) is 4.90 Å². The Hall–Kier alpha value is -2.57.